The highest BCUT2D eigenvalue weighted by molar-refractivity contribution is 5.68. The Hall–Kier alpha value is -3.80. The summed E-state index contributed by atoms with van der Waals surface area (Å²) in [5, 5.41) is 14.7. The van der Waals surface area contributed by atoms with Gasteiger partial charge in [0.25, 0.3) is 11.6 Å². The van der Waals surface area contributed by atoms with E-state index in [2.05, 4.69) is 22.3 Å². The molecule has 0 bridgehead atoms. The van der Waals surface area contributed by atoms with Crippen molar-refractivity contribution >= 4 is 5.69 Å². The van der Waals surface area contributed by atoms with Gasteiger partial charge in [0.05, 0.1) is 4.92 Å². The molecule has 0 aliphatic heterocycles. The van der Waals surface area contributed by atoms with Crippen LogP contribution in [0.1, 0.15) is 0 Å². The van der Waals surface area contributed by atoms with Crippen molar-refractivity contribution in [2.75, 3.05) is 0 Å². The molecule has 0 saturated carbocycles. The number of rotatable bonds is 4. The molecule has 0 saturated heterocycles. The minimum absolute atomic E-state index is 0.0222. The van der Waals surface area contributed by atoms with E-state index in [1.165, 1.54) is 12.1 Å². The van der Waals surface area contributed by atoms with Gasteiger partial charge in [-0.3, -0.25) is 10.1 Å². The summed E-state index contributed by atoms with van der Waals surface area (Å²) in [7, 11) is 0. The van der Waals surface area contributed by atoms with Gasteiger partial charge in [-0.15, -0.1) is 0 Å². The first-order valence-corrected chi connectivity index (χ1v) is 7.95. The number of hydrogen-bond acceptors (Lipinski definition) is 5. The fraction of sp³-hybridized carbons (Fsp3) is 0. The summed E-state index contributed by atoms with van der Waals surface area (Å²) in [5.41, 5.74) is 3.73. The van der Waals surface area contributed by atoms with Crippen LogP contribution < -0.4 is 0 Å². The normalized spacial score (nSPS) is 10.6. The van der Waals surface area contributed by atoms with Crippen molar-refractivity contribution in [1.29, 1.82) is 0 Å². The Morgan fingerprint density at radius 1 is 0.731 bits per heavy atom. The van der Waals surface area contributed by atoms with E-state index in [-0.39, 0.29) is 5.69 Å². The fourth-order valence-electron chi connectivity index (χ4n) is 2.63. The van der Waals surface area contributed by atoms with Crippen molar-refractivity contribution in [2.24, 2.45) is 0 Å². The first kappa shape index (κ1) is 15.7. The van der Waals surface area contributed by atoms with Gasteiger partial charge in [0.1, 0.15) is 0 Å². The second kappa shape index (κ2) is 6.60. The Bertz CT molecular complexity index is 1040. The van der Waals surface area contributed by atoms with Gasteiger partial charge in [-0.1, -0.05) is 47.6 Å². The van der Waals surface area contributed by atoms with Gasteiger partial charge >= 0.3 is 0 Å². The Balaban J connectivity index is 1.59. The maximum atomic E-state index is 10.7. The Morgan fingerprint density at radius 3 is 1.96 bits per heavy atom. The molecular formula is C20H13N3O3. The summed E-state index contributed by atoms with van der Waals surface area (Å²) in [6.07, 6.45) is 0. The van der Waals surface area contributed by atoms with E-state index in [0.717, 1.165) is 16.7 Å². The van der Waals surface area contributed by atoms with Gasteiger partial charge in [-0.05, 0) is 35.4 Å². The fourth-order valence-corrected chi connectivity index (χ4v) is 2.63. The second-order valence-electron chi connectivity index (χ2n) is 5.67. The zero-order valence-electron chi connectivity index (χ0n) is 13.6. The molecule has 6 heteroatoms. The van der Waals surface area contributed by atoms with Gasteiger partial charge < -0.3 is 4.52 Å². The van der Waals surface area contributed by atoms with Crippen molar-refractivity contribution in [3.05, 3.63) is 89.0 Å². The summed E-state index contributed by atoms with van der Waals surface area (Å²) in [6.45, 7) is 0. The first-order valence-electron chi connectivity index (χ1n) is 7.95. The van der Waals surface area contributed by atoms with E-state index in [0.29, 0.717) is 17.3 Å². The third-order valence-electron chi connectivity index (χ3n) is 4.00. The van der Waals surface area contributed by atoms with Crippen LogP contribution in [0.5, 0.6) is 0 Å². The molecule has 3 aromatic carbocycles. The zero-order valence-corrected chi connectivity index (χ0v) is 13.6. The smallest absolute Gasteiger partial charge is 0.269 e. The highest BCUT2D eigenvalue weighted by Crippen LogP contribution is 2.26. The number of benzene rings is 3. The van der Waals surface area contributed by atoms with Crippen LogP contribution in [0.4, 0.5) is 5.69 Å². The molecule has 0 radical (unpaired) electrons. The molecule has 0 aliphatic rings. The topological polar surface area (TPSA) is 82.1 Å². The van der Waals surface area contributed by atoms with Crippen LogP contribution >= 0.6 is 0 Å². The van der Waals surface area contributed by atoms with Crippen molar-refractivity contribution in [1.82, 2.24) is 10.1 Å². The summed E-state index contributed by atoms with van der Waals surface area (Å²) < 4.78 is 5.33. The van der Waals surface area contributed by atoms with Gasteiger partial charge in [0.15, 0.2) is 0 Å². The molecule has 0 atom stereocenters. The summed E-state index contributed by atoms with van der Waals surface area (Å²) in [4.78, 5) is 14.7. The molecule has 0 amide bonds. The van der Waals surface area contributed by atoms with Crippen LogP contribution in [-0.2, 0) is 0 Å². The standard InChI is InChI=1S/C20H13N3O3/c24-23(25)18-12-10-16(11-13-18)19-21-20(26-22-19)17-8-6-15(7-9-17)14-4-2-1-3-5-14/h1-13H. The van der Waals surface area contributed by atoms with Gasteiger partial charge in [-0.2, -0.15) is 4.98 Å². The average Bonchev–Trinajstić information content (AvgIpc) is 3.19. The van der Waals surface area contributed by atoms with Crippen molar-refractivity contribution < 1.29 is 9.45 Å². The van der Waals surface area contributed by atoms with E-state index in [1.807, 2.05) is 42.5 Å². The highest BCUT2D eigenvalue weighted by atomic mass is 16.6. The Kier molecular flexibility index (Phi) is 3.99. The molecule has 4 rings (SSSR count). The SMILES string of the molecule is O=[N+]([O-])c1ccc(-c2noc(-c3ccc(-c4ccccc4)cc3)n2)cc1. The van der Waals surface area contributed by atoms with Crippen molar-refractivity contribution in [2.45, 2.75) is 0 Å². The molecule has 0 fully saturated rings. The average molecular weight is 343 g/mol. The third kappa shape index (κ3) is 3.08. The van der Waals surface area contributed by atoms with E-state index >= 15 is 0 Å². The largest absolute Gasteiger partial charge is 0.334 e. The van der Waals surface area contributed by atoms with Gasteiger partial charge in [0, 0.05) is 23.3 Å². The molecule has 0 spiro atoms. The molecule has 1 heterocycles. The summed E-state index contributed by atoms with van der Waals surface area (Å²) >= 11 is 0. The predicted octanol–water partition coefficient (Wildman–Crippen LogP) is 4.98. The highest BCUT2D eigenvalue weighted by Gasteiger charge is 2.12. The maximum absolute atomic E-state index is 10.7. The number of non-ortho nitro benzene ring substituents is 1. The Morgan fingerprint density at radius 2 is 1.31 bits per heavy atom. The number of aromatic nitrogens is 2. The molecule has 0 N–H and O–H groups in total. The van der Waals surface area contributed by atoms with E-state index in [4.69, 9.17) is 4.52 Å². The van der Waals surface area contributed by atoms with Crippen LogP contribution in [0.2, 0.25) is 0 Å². The lowest BCUT2D eigenvalue weighted by Gasteiger charge is -2.01. The number of hydrogen-bond donors (Lipinski definition) is 0. The van der Waals surface area contributed by atoms with Crippen LogP contribution in [-0.4, -0.2) is 15.1 Å². The minimum Gasteiger partial charge on any atom is -0.334 e. The molecule has 126 valence electrons. The van der Waals surface area contributed by atoms with Crippen molar-refractivity contribution in [3.8, 4) is 34.0 Å². The monoisotopic (exact) mass is 343 g/mol. The van der Waals surface area contributed by atoms with Crippen LogP contribution in [0.15, 0.2) is 83.4 Å². The van der Waals surface area contributed by atoms with Crippen LogP contribution in [0.3, 0.4) is 0 Å². The molecule has 4 aromatic rings. The van der Waals surface area contributed by atoms with Crippen LogP contribution in [0.25, 0.3) is 34.0 Å². The Labute approximate surface area is 148 Å². The second-order valence-corrected chi connectivity index (χ2v) is 5.67. The minimum atomic E-state index is -0.445. The summed E-state index contributed by atoms with van der Waals surface area (Å²) in [5.74, 6) is 0.792. The van der Waals surface area contributed by atoms with Crippen LogP contribution in [0, 0.1) is 10.1 Å². The molecule has 0 aliphatic carbocycles. The first-order chi connectivity index (χ1) is 12.7. The molecule has 1 aromatic heterocycles. The quantitative estimate of drug-likeness (QED) is 0.385. The van der Waals surface area contributed by atoms with Gasteiger partial charge in [0.2, 0.25) is 5.82 Å². The maximum Gasteiger partial charge on any atom is 0.269 e. The number of nitro groups is 1. The molecule has 26 heavy (non-hydrogen) atoms. The lowest BCUT2D eigenvalue weighted by molar-refractivity contribution is -0.384. The number of nitro benzene ring substituents is 1. The lowest BCUT2D eigenvalue weighted by atomic mass is 10.0. The molecular weight excluding hydrogens is 330 g/mol. The lowest BCUT2D eigenvalue weighted by Crippen LogP contribution is -1.87. The predicted molar refractivity (Wildman–Crippen MR) is 97.3 cm³/mol. The van der Waals surface area contributed by atoms with E-state index < -0.39 is 4.92 Å². The molecule has 0 unspecified atom stereocenters. The third-order valence-corrected chi connectivity index (χ3v) is 4.00. The summed E-state index contributed by atoms with van der Waals surface area (Å²) in [6, 6.07) is 24.0. The zero-order chi connectivity index (χ0) is 17.9. The van der Waals surface area contributed by atoms with Crippen molar-refractivity contribution in [3.63, 3.8) is 0 Å². The van der Waals surface area contributed by atoms with E-state index in [1.54, 1.807) is 12.1 Å². The molecule has 6 nitrogen and oxygen atoms in total. The van der Waals surface area contributed by atoms with Gasteiger partial charge in [-0.25, -0.2) is 0 Å². The number of nitrogens with zero attached hydrogens (tertiary/aromatic N) is 3. The van der Waals surface area contributed by atoms with E-state index in [9.17, 15) is 10.1 Å².